The average molecular weight is 267 g/mol. The van der Waals surface area contributed by atoms with Gasteiger partial charge in [-0.05, 0) is 20.3 Å². The zero-order chi connectivity index (χ0) is 12.2. The van der Waals surface area contributed by atoms with E-state index in [1.54, 1.807) is 17.1 Å². The third-order valence-electron chi connectivity index (χ3n) is 1.91. The summed E-state index contributed by atoms with van der Waals surface area (Å²) < 4.78 is 28.4. The maximum atomic E-state index is 10.6. The molecule has 0 amide bonds. The number of rotatable bonds is 6. The van der Waals surface area contributed by atoms with Gasteiger partial charge in [-0.25, -0.2) is 8.42 Å². The van der Waals surface area contributed by atoms with Gasteiger partial charge in [0.05, 0.1) is 24.8 Å². The normalized spacial score (nSPS) is 12.0. The second-order valence-electron chi connectivity index (χ2n) is 3.69. The van der Waals surface area contributed by atoms with E-state index in [1.165, 1.54) is 0 Å². The lowest BCUT2D eigenvalue weighted by molar-refractivity contribution is 0.317. The first-order chi connectivity index (χ1) is 7.38. The van der Waals surface area contributed by atoms with Gasteiger partial charge in [0.25, 0.3) is 0 Å². The van der Waals surface area contributed by atoms with Crippen LogP contribution in [0.15, 0.2) is 12.4 Å². The van der Waals surface area contributed by atoms with Crippen molar-refractivity contribution in [3.63, 3.8) is 0 Å². The lowest BCUT2D eigenvalue weighted by Gasteiger charge is -2.04. The minimum atomic E-state index is -3.42. The summed E-state index contributed by atoms with van der Waals surface area (Å²) in [6.45, 7) is 4.34. The summed E-state index contributed by atoms with van der Waals surface area (Å²) in [6.07, 6.45) is 3.76. The minimum Gasteiger partial charge on any atom is -0.490 e. The van der Waals surface area contributed by atoms with Gasteiger partial charge in [-0.15, -0.1) is 0 Å². The quantitative estimate of drug-likeness (QED) is 0.582. The lowest BCUT2D eigenvalue weighted by atomic mass is 10.4. The Balaban J connectivity index is 2.32. The SMILES string of the molecule is CC(C)n1cc(OCCCS(=O)(=O)Cl)cn1. The van der Waals surface area contributed by atoms with Crippen LogP contribution in [-0.4, -0.2) is 30.6 Å². The van der Waals surface area contributed by atoms with Gasteiger partial charge in [-0.2, -0.15) is 5.10 Å². The Hall–Kier alpha value is -0.750. The van der Waals surface area contributed by atoms with Gasteiger partial charge in [-0.3, -0.25) is 4.68 Å². The predicted molar refractivity (Wildman–Crippen MR) is 62.4 cm³/mol. The third kappa shape index (κ3) is 4.85. The van der Waals surface area contributed by atoms with Crippen molar-refractivity contribution >= 4 is 19.7 Å². The Morgan fingerprint density at radius 1 is 1.56 bits per heavy atom. The van der Waals surface area contributed by atoms with E-state index in [0.29, 0.717) is 18.8 Å². The van der Waals surface area contributed by atoms with Gasteiger partial charge in [0, 0.05) is 16.7 Å². The molecule has 0 saturated carbocycles. The van der Waals surface area contributed by atoms with E-state index in [1.807, 2.05) is 13.8 Å². The van der Waals surface area contributed by atoms with Crippen molar-refractivity contribution in [3.8, 4) is 5.75 Å². The smallest absolute Gasteiger partial charge is 0.232 e. The molecule has 1 aromatic rings. The Morgan fingerprint density at radius 3 is 2.75 bits per heavy atom. The van der Waals surface area contributed by atoms with E-state index < -0.39 is 9.05 Å². The van der Waals surface area contributed by atoms with Crippen LogP contribution in [0.25, 0.3) is 0 Å². The highest BCUT2D eigenvalue weighted by atomic mass is 35.7. The topological polar surface area (TPSA) is 61.2 Å². The molecule has 0 unspecified atom stereocenters. The summed E-state index contributed by atoms with van der Waals surface area (Å²) in [4.78, 5) is 0. The van der Waals surface area contributed by atoms with Crippen molar-refractivity contribution in [1.82, 2.24) is 9.78 Å². The maximum absolute atomic E-state index is 10.6. The van der Waals surface area contributed by atoms with Crippen LogP contribution < -0.4 is 4.74 Å². The second-order valence-corrected chi connectivity index (χ2v) is 6.59. The highest BCUT2D eigenvalue weighted by molar-refractivity contribution is 8.13. The van der Waals surface area contributed by atoms with Gasteiger partial charge in [-0.1, -0.05) is 0 Å². The first-order valence-corrected chi connectivity index (χ1v) is 7.45. The molecule has 92 valence electrons. The summed E-state index contributed by atoms with van der Waals surface area (Å²) in [5.41, 5.74) is 0. The van der Waals surface area contributed by atoms with Crippen LogP contribution in [0.5, 0.6) is 5.75 Å². The van der Waals surface area contributed by atoms with E-state index in [9.17, 15) is 8.42 Å². The Bertz CT molecular complexity index is 428. The Morgan fingerprint density at radius 2 is 2.25 bits per heavy atom. The molecule has 0 aromatic carbocycles. The number of aromatic nitrogens is 2. The minimum absolute atomic E-state index is 0.0765. The first-order valence-electron chi connectivity index (χ1n) is 4.98. The second kappa shape index (κ2) is 5.54. The summed E-state index contributed by atoms with van der Waals surface area (Å²) in [6, 6.07) is 0.278. The standard InChI is InChI=1S/C9H15ClN2O3S/c1-8(2)12-7-9(6-11-12)15-4-3-5-16(10,13)14/h6-8H,3-5H2,1-2H3. The Labute approximate surface area is 99.8 Å². The first kappa shape index (κ1) is 13.3. The van der Waals surface area contributed by atoms with Crippen molar-refractivity contribution in [2.24, 2.45) is 0 Å². The lowest BCUT2D eigenvalue weighted by Crippen LogP contribution is -2.04. The van der Waals surface area contributed by atoms with Crippen molar-refractivity contribution in [3.05, 3.63) is 12.4 Å². The van der Waals surface area contributed by atoms with Gasteiger partial charge < -0.3 is 4.74 Å². The number of halogens is 1. The Kier molecular flexibility index (Phi) is 4.61. The van der Waals surface area contributed by atoms with Crippen LogP contribution in [0.4, 0.5) is 0 Å². The molecule has 0 bridgehead atoms. The number of hydrogen-bond donors (Lipinski definition) is 0. The molecule has 16 heavy (non-hydrogen) atoms. The fraction of sp³-hybridized carbons (Fsp3) is 0.667. The number of ether oxygens (including phenoxy) is 1. The van der Waals surface area contributed by atoms with E-state index in [0.717, 1.165) is 0 Å². The molecule has 0 spiro atoms. The molecule has 0 aliphatic rings. The van der Waals surface area contributed by atoms with Crippen molar-refractivity contribution in [2.75, 3.05) is 12.4 Å². The molecule has 0 N–H and O–H groups in total. The third-order valence-corrected chi connectivity index (χ3v) is 3.15. The summed E-state index contributed by atoms with van der Waals surface area (Å²) in [5.74, 6) is 0.563. The highest BCUT2D eigenvalue weighted by Gasteiger charge is 2.06. The number of nitrogens with zero attached hydrogens (tertiary/aromatic N) is 2. The average Bonchev–Trinajstić information content (AvgIpc) is 2.59. The number of hydrogen-bond acceptors (Lipinski definition) is 4. The maximum Gasteiger partial charge on any atom is 0.232 e. The summed E-state index contributed by atoms with van der Waals surface area (Å²) in [7, 11) is 1.65. The van der Waals surface area contributed by atoms with Crippen LogP contribution in [0.2, 0.25) is 0 Å². The van der Waals surface area contributed by atoms with E-state index in [4.69, 9.17) is 15.4 Å². The van der Waals surface area contributed by atoms with Gasteiger partial charge in [0.2, 0.25) is 9.05 Å². The van der Waals surface area contributed by atoms with Crippen molar-refractivity contribution in [1.29, 1.82) is 0 Å². The molecule has 0 aliphatic carbocycles. The van der Waals surface area contributed by atoms with E-state index >= 15 is 0 Å². The summed E-state index contributed by atoms with van der Waals surface area (Å²) >= 11 is 0. The zero-order valence-corrected chi connectivity index (χ0v) is 10.8. The fourth-order valence-corrected chi connectivity index (χ4v) is 1.89. The van der Waals surface area contributed by atoms with E-state index in [2.05, 4.69) is 5.10 Å². The molecular weight excluding hydrogens is 252 g/mol. The largest absolute Gasteiger partial charge is 0.490 e. The molecule has 7 heteroatoms. The summed E-state index contributed by atoms with van der Waals surface area (Å²) in [5, 5.41) is 4.09. The molecule has 0 radical (unpaired) electrons. The van der Waals surface area contributed by atoms with Gasteiger partial charge in [0.15, 0.2) is 5.75 Å². The molecular formula is C9H15ClN2O3S. The molecule has 1 rings (SSSR count). The zero-order valence-electron chi connectivity index (χ0n) is 9.26. The molecule has 1 heterocycles. The van der Waals surface area contributed by atoms with Crippen LogP contribution in [0.1, 0.15) is 26.3 Å². The molecule has 0 aliphatic heterocycles. The molecule has 0 saturated heterocycles. The van der Waals surface area contributed by atoms with Gasteiger partial charge >= 0.3 is 0 Å². The molecule has 5 nitrogen and oxygen atoms in total. The molecule has 1 aromatic heterocycles. The van der Waals surface area contributed by atoms with Gasteiger partial charge in [0.1, 0.15) is 0 Å². The fourth-order valence-electron chi connectivity index (χ4n) is 1.10. The van der Waals surface area contributed by atoms with Crippen molar-refractivity contribution in [2.45, 2.75) is 26.3 Å². The molecule has 0 fully saturated rings. The van der Waals surface area contributed by atoms with Crippen LogP contribution in [-0.2, 0) is 9.05 Å². The van der Waals surface area contributed by atoms with Crippen LogP contribution in [0, 0.1) is 0 Å². The predicted octanol–water partition coefficient (Wildman–Crippen LogP) is 1.80. The van der Waals surface area contributed by atoms with Crippen molar-refractivity contribution < 1.29 is 13.2 Å². The monoisotopic (exact) mass is 266 g/mol. The molecule has 0 atom stereocenters. The van der Waals surface area contributed by atoms with Crippen LogP contribution >= 0.6 is 10.7 Å². The van der Waals surface area contributed by atoms with E-state index in [-0.39, 0.29) is 11.8 Å². The van der Waals surface area contributed by atoms with Crippen LogP contribution in [0.3, 0.4) is 0 Å². The highest BCUT2D eigenvalue weighted by Crippen LogP contribution is 2.12.